The van der Waals surface area contributed by atoms with Crippen molar-refractivity contribution in [2.75, 3.05) is 6.54 Å². The lowest BCUT2D eigenvalue weighted by Crippen LogP contribution is -2.45. The average molecular weight is 266 g/mol. The highest BCUT2D eigenvalue weighted by Crippen LogP contribution is 2.33. The van der Waals surface area contributed by atoms with E-state index in [-0.39, 0.29) is 11.3 Å². The number of carbonyl (C=O) groups excluding carboxylic acids is 1. The molecule has 1 aromatic carbocycles. The number of hydrogen-bond donors (Lipinski definition) is 0. The Morgan fingerprint density at radius 1 is 1.15 bits per heavy atom. The molecule has 102 valence electrons. The van der Waals surface area contributed by atoms with Gasteiger partial charge in [0.2, 0.25) is 0 Å². The van der Waals surface area contributed by atoms with Gasteiger partial charge in [-0.3, -0.25) is 9.78 Å². The minimum absolute atomic E-state index is 0.00757. The second-order valence-electron chi connectivity index (χ2n) is 5.92. The van der Waals surface area contributed by atoms with Gasteiger partial charge in [0.25, 0.3) is 5.91 Å². The molecule has 0 aliphatic carbocycles. The van der Waals surface area contributed by atoms with Crippen molar-refractivity contribution in [2.24, 2.45) is 0 Å². The summed E-state index contributed by atoms with van der Waals surface area (Å²) in [5, 5.41) is 0. The lowest BCUT2D eigenvalue weighted by atomic mass is 9.78. The minimum atomic E-state index is -0.0285. The van der Waals surface area contributed by atoms with Crippen LogP contribution in [0.25, 0.3) is 0 Å². The molecule has 1 aliphatic heterocycles. The summed E-state index contributed by atoms with van der Waals surface area (Å²) in [6.07, 6.45) is 1.66. The largest absolute Gasteiger partial charge is 0.332 e. The summed E-state index contributed by atoms with van der Waals surface area (Å²) in [4.78, 5) is 18.6. The summed E-state index contributed by atoms with van der Waals surface area (Å²) in [6, 6.07) is 13.8. The molecule has 3 heteroatoms. The monoisotopic (exact) mass is 266 g/mol. The first-order valence-corrected chi connectivity index (χ1v) is 6.87. The van der Waals surface area contributed by atoms with Crippen molar-refractivity contribution in [3.8, 4) is 0 Å². The van der Waals surface area contributed by atoms with E-state index in [1.54, 1.807) is 12.3 Å². The molecule has 1 amide bonds. The number of pyridine rings is 1. The lowest BCUT2D eigenvalue weighted by molar-refractivity contribution is 0.0680. The number of rotatable bonds is 1. The summed E-state index contributed by atoms with van der Waals surface area (Å²) >= 11 is 0. The quantitative estimate of drug-likeness (QED) is 0.795. The van der Waals surface area contributed by atoms with Crippen LogP contribution in [0.4, 0.5) is 0 Å². The van der Waals surface area contributed by atoms with Crippen molar-refractivity contribution in [1.82, 2.24) is 9.88 Å². The zero-order chi connectivity index (χ0) is 14.2. The Morgan fingerprint density at radius 2 is 1.90 bits per heavy atom. The third kappa shape index (κ3) is 2.20. The molecule has 2 heterocycles. The molecule has 0 bridgehead atoms. The first-order valence-electron chi connectivity index (χ1n) is 6.87. The van der Waals surface area contributed by atoms with Crippen molar-refractivity contribution in [3.05, 3.63) is 65.5 Å². The van der Waals surface area contributed by atoms with Crippen molar-refractivity contribution in [1.29, 1.82) is 0 Å². The molecule has 0 fully saturated rings. The first kappa shape index (κ1) is 12.9. The van der Waals surface area contributed by atoms with Crippen LogP contribution in [0.5, 0.6) is 0 Å². The smallest absolute Gasteiger partial charge is 0.272 e. The van der Waals surface area contributed by atoms with E-state index in [2.05, 4.69) is 37.0 Å². The summed E-state index contributed by atoms with van der Waals surface area (Å²) in [7, 11) is 0. The van der Waals surface area contributed by atoms with Crippen LogP contribution in [0, 0.1) is 0 Å². The zero-order valence-electron chi connectivity index (χ0n) is 11.8. The molecule has 0 radical (unpaired) electrons. The Balaban J connectivity index is 1.94. The molecule has 3 rings (SSSR count). The lowest BCUT2D eigenvalue weighted by Gasteiger charge is -2.39. The molecular weight excluding hydrogens is 248 g/mol. The highest BCUT2D eigenvalue weighted by Gasteiger charge is 2.34. The first-order chi connectivity index (χ1) is 9.58. The highest BCUT2D eigenvalue weighted by atomic mass is 16.2. The third-order valence-corrected chi connectivity index (χ3v) is 3.87. The van der Waals surface area contributed by atoms with E-state index in [1.165, 1.54) is 11.1 Å². The van der Waals surface area contributed by atoms with Gasteiger partial charge in [0.1, 0.15) is 5.69 Å². The molecule has 0 saturated carbocycles. The molecule has 1 aliphatic rings. The number of amides is 1. The van der Waals surface area contributed by atoms with Gasteiger partial charge in [-0.05, 0) is 23.3 Å². The SMILES string of the molecule is CC1(C)CN(C(=O)c2ccccn2)Cc2ccccc21. The number of carbonyl (C=O) groups is 1. The predicted molar refractivity (Wildman–Crippen MR) is 78.4 cm³/mol. The molecule has 0 atom stereocenters. The predicted octanol–water partition coefficient (Wildman–Crippen LogP) is 3.02. The van der Waals surface area contributed by atoms with E-state index in [0.717, 1.165) is 6.54 Å². The van der Waals surface area contributed by atoms with Gasteiger partial charge >= 0.3 is 0 Å². The maximum absolute atomic E-state index is 12.6. The van der Waals surface area contributed by atoms with Gasteiger partial charge in [-0.15, -0.1) is 0 Å². The van der Waals surface area contributed by atoms with Crippen LogP contribution in [0.15, 0.2) is 48.7 Å². The fourth-order valence-corrected chi connectivity index (χ4v) is 2.94. The second kappa shape index (κ2) is 4.75. The van der Waals surface area contributed by atoms with Gasteiger partial charge in [-0.1, -0.05) is 44.2 Å². The summed E-state index contributed by atoms with van der Waals surface area (Å²) in [6.45, 7) is 5.75. The molecule has 0 spiro atoms. The van der Waals surface area contributed by atoms with E-state index < -0.39 is 0 Å². The van der Waals surface area contributed by atoms with Gasteiger partial charge in [0, 0.05) is 24.7 Å². The number of benzene rings is 1. The van der Waals surface area contributed by atoms with E-state index in [9.17, 15) is 4.79 Å². The van der Waals surface area contributed by atoms with Crippen LogP contribution in [-0.4, -0.2) is 22.3 Å². The molecular formula is C17H18N2O. The number of hydrogen-bond acceptors (Lipinski definition) is 2. The van der Waals surface area contributed by atoms with Gasteiger partial charge in [0.15, 0.2) is 0 Å². The van der Waals surface area contributed by atoms with Crippen molar-refractivity contribution < 1.29 is 4.79 Å². The Morgan fingerprint density at radius 3 is 2.65 bits per heavy atom. The normalized spacial score (nSPS) is 16.6. The molecule has 0 N–H and O–H groups in total. The van der Waals surface area contributed by atoms with E-state index >= 15 is 0 Å². The van der Waals surface area contributed by atoms with E-state index in [1.807, 2.05) is 23.1 Å². The average Bonchev–Trinajstić information content (AvgIpc) is 2.47. The van der Waals surface area contributed by atoms with E-state index in [4.69, 9.17) is 0 Å². The van der Waals surface area contributed by atoms with Gasteiger partial charge < -0.3 is 4.90 Å². The molecule has 1 aromatic heterocycles. The van der Waals surface area contributed by atoms with Crippen LogP contribution in [-0.2, 0) is 12.0 Å². The molecule has 20 heavy (non-hydrogen) atoms. The van der Waals surface area contributed by atoms with Crippen LogP contribution in [0.3, 0.4) is 0 Å². The molecule has 0 unspecified atom stereocenters. The van der Waals surface area contributed by atoms with Crippen LogP contribution in [0.2, 0.25) is 0 Å². The third-order valence-electron chi connectivity index (χ3n) is 3.87. The van der Waals surface area contributed by atoms with Crippen LogP contribution >= 0.6 is 0 Å². The molecule has 0 saturated heterocycles. The second-order valence-corrected chi connectivity index (χ2v) is 5.92. The fourth-order valence-electron chi connectivity index (χ4n) is 2.94. The van der Waals surface area contributed by atoms with Crippen LogP contribution < -0.4 is 0 Å². The Kier molecular flexibility index (Phi) is 3.05. The minimum Gasteiger partial charge on any atom is -0.332 e. The topological polar surface area (TPSA) is 33.2 Å². The maximum Gasteiger partial charge on any atom is 0.272 e. The van der Waals surface area contributed by atoms with Gasteiger partial charge in [0.05, 0.1) is 0 Å². The maximum atomic E-state index is 12.6. The van der Waals surface area contributed by atoms with Gasteiger partial charge in [-0.25, -0.2) is 0 Å². The van der Waals surface area contributed by atoms with Crippen LogP contribution in [0.1, 0.15) is 35.5 Å². The summed E-state index contributed by atoms with van der Waals surface area (Å²) < 4.78 is 0. The van der Waals surface area contributed by atoms with E-state index in [0.29, 0.717) is 12.2 Å². The van der Waals surface area contributed by atoms with Gasteiger partial charge in [-0.2, -0.15) is 0 Å². The highest BCUT2D eigenvalue weighted by molar-refractivity contribution is 5.92. The number of fused-ring (bicyclic) bond motifs is 1. The Bertz CT molecular complexity index is 634. The van der Waals surface area contributed by atoms with Crippen molar-refractivity contribution in [3.63, 3.8) is 0 Å². The van der Waals surface area contributed by atoms with Crippen molar-refractivity contribution >= 4 is 5.91 Å². The molecule has 3 nitrogen and oxygen atoms in total. The fraction of sp³-hybridized carbons (Fsp3) is 0.294. The van der Waals surface area contributed by atoms with Crippen molar-refractivity contribution in [2.45, 2.75) is 25.8 Å². The molecule has 2 aromatic rings. The summed E-state index contributed by atoms with van der Waals surface area (Å²) in [5.41, 5.74) is 3.06. The number of nitrogens with zero attached hydrogens (tertiary/aromatic N) is 2. The Hall–Kier alpha value is -2.16. The standard InChI is InChI=1S/C17H18N2O/c1-17(2)12-19(11-13-7-3-4-8-14(13)17)16(20)15-9-5-6-10-18-15/h3-10H,11-12H2,1-2H3. The summed E-state index contributed by atoms with van der Waals surface area (Å²) in [5.74, 6) is 0.00757. The number of aromatic nitrogens is 1. The Labute approximate surface area is 119 Å². The zero-order valence-corrected chi connectivity index (χ0v) is 11.8.